The van der Waals surface area contributed by atoms with E-state index in [0.29, 0.717) is 33.4 Å². The molecule has 0 fully saturated rings. The number of para-hydroxylation sites is 1. The Balaban J connectivity index is 1.86. The molecule has 0 atom stereocenters. The number of non-ortho nitro benzene ring substituents is 1. The molecule has 1 aromatic heterocycles. The van der Waals surface area contributed by atoms with Gasteiger partial charge in [-0.05, 0) is 49.2 Å². The molecule has 3 aromatic rings. The van der Waals surface area contributed by atoms with Gasteiger partial charge in [0.1, 0.15) is 23.2 Å². The summed E-state index contributed by atoms with van der Waals surface area (Å²) in [5.41, 5.74) is 2.38. The summed E-state index contributed by atoms with van der Waals surface area (Å²) >= 11 is 6.12. The van der Waals surface area contributed by atoms with Crippen molar-refractivity contribution in [3.63, 3.8) is 0 Å². The van der Waals surface area contributed by atoms with Crippen LogP contribution in [-0.2, 0) is 4.79 Å². The Bertz CT molecular complexity index is 1200. The van der Waals surface area contributed by atoms with Crippen LogP contribution in [0.5, 0.6) is 0 Å². The van der Waals surface area contributed by atoms with E-state index in [-0.39, 0.29) is 11.3 Å². The lowest BCUT2D eigenvalue weighted by Crippen LogP contribution is -2.14. The van der Waals surface area contributed by atoms with Crippen molar-refractivity contribution in [1.82, 2.24) is 0 Å². The Hall–Kier alpha value is -3.89. The summed E-state index contributed by atoms with van der Waals surface area (Å²) in [5.74, 6) is 0.150. The molecule has 1 heterocycles. The SMILES string of the molecule is Cc1cc([N+](=O)[O-])ccc1-c1ccc(C=C(C#N)C(=O)Nc2c(C)cccc2Cl)o1. The summed E-state index contributed by atoms with van der Waals surface area (Å²) in [4.78, 5) is 22.9. The molecule has 0 aliphatic heterocycles. The van der Waals surface area contributed by atoms with Crippen LogP contribution in [0, 0.1) is 35.3 Å². The summed E-state index contributed by atoms with van der Waals surface area (Å²) in [5, 5.41) is 23.3. The second-order valence-electron chi connectivity index (χ2n) is 6.51. The van der Waals surface area contributed by atoms with Crippen molar-refractivity contribution >= 4 is 35.0 Å². The van der Waals surface area contributed by atoms with Gasteiger partial charge in [0.2, 0.25) is 0 Å². The molecule has 0 spiro atoms. The largest absolute Gasteiger partial charge is 0.457 e. The van der Waals surface area contributed by atoms with Crippen molar-refractivity contribution in [2.45, 2.75) is 13.8 Å². The average Bonchev–Trinajstić information content (AvgIpc) is 3.17. The van der Waals surface area contributed by atoms with E-state index in [0.717, 1.165) is 5.56 Å². The Morgan fingerprint density at radius 2 is 1.97 bits per heavy atom. The highest BCUT2D eigenvalue weighted by atomic mass is 35.5. The zero-order chi connectivity index (χ0) is 21.8. The fourth-order valence-corrected chi connectivity index (χ4v) is 3.14. The van der Waals surface area contributed by atoms with Crippen LogP contribution in [0.1, 0.15) is 16.9 Å². The van der Waals surface area contributed by atoms with Crippen LogP contribution in [0.15, 0.2) is 58.5 Å². The molecular formula is C22H16ClN3O4. The molecule has 0 aliphatic carbocycles. The van der Waals surface area contributed by atoms with Crippen LogP contribution in [0.3, 0.4) is 0 Å². The predicted molar refractivity (Wildman–Crippen MR) is 114 cm³/mol. The molecule has 0 bridgehead atoms. The number of nitriles is 1. The first kappa shape index (κ1) is 20.8. The zero-order valence-electron chi connectivity index (χ0n) is 16.1. The number of nitrogens with zero attached hydrogens (tertiary/aromatic N) is 2. The van der Waals surface area contributed by atoms with Crippen LogP contribution in [0.4, 0.5) is 11.4 Å². The molecule has 8 heteroatoms. The molecule has 0 saturated heterocycles. The van der Waals surface area contributed by atoms with Gasteiger partial charge in [0.15, 0.2) is 0 Å². The number of furan rings is 1. The third kappa shape index (κ3) is 4.40. The van der Waals surface area contributed by atoms with Gasteiger partial charge in [-0.2, -0.15) is 5.26 Å². The monoisotopic (exact) mass is 421 g/mol. The molecule has 0 saturated carbocycles. The number of amides is 1. The van der Waals surface area contributed by atoms with Crippen LogP contribution in [-0.4, -0.2) is 10.8 Å². The molecule has 2 aromatic carbocycles. The molecule has 1 N–H and O–H groups in total. The summed E-state index contributed by atoms with van der Waals surface area (Å²) in [6.07, 6.45) is 1.33. The van der Waals surface area contributed by atoms with E-state index in [4.69, 9.17) is 16.0 Å². The van der Waals surface area contributed by atoms with Gasteiger partial charge in [0, 0.05) is 23.8 Å². The lowest BCUT2D eigenvalue weighted by Gasteiger charge is -2.09. The van der Waals surface area contributed by atoms with E-state index in [9.17, 15) is 20.2 Å². The minimum absolute atomic E-state index is 0.0128. The first-order valence-corrected chi connectivity index (χ1v) is 9.21. The Morgan fingerprint density at radius 1 is 1.20 bits per heavy atom. The maximum atomic E-state index is 12.5. The molecule has 0 radical (unpaired) electrons. The van der Waals surface area contributed by atoms with Gasteiger partial charge in [-0.25, -0.2) is 0 Å². The van der Waals surface area contributed by atoms with E-state index in [2.05, 4.69) is 5.32 Å². The predicted octanol–water partition coefficient (Wildman–Crippen LogP) is 5.67. The van der Waals surface area contributed by atoms with E-state index in [1.807, 2.05) is 6.07 Å². The van der Waals surface area contributed by atoms with Gasteiger partial charge in [-0.1, -0.05) is 23.7 Å². The van der Waals surface area contributed by atoms with Gasteiger partial charge in [-0.15, -0.1) is 0 Å². The van der Waals surface area contributed by atoms with E-state index >= 15 is 0 Å². The highest BCUT2D eigenvalue weighted by Gasteiger charge is 2.15. The second-order valence-corrected chi connectivity index (χ2v) is 6.92. The Morgan fingerprint density at radius 3 is 2.60 bits per heavy atom. The zero-order valence-corrected chi connectivity index (χ0v) is 16.9. The molecule has 3 rings (SSSR count). The normalized spacial score (nSPS) is 11.1. The molecule has 150 valence electrons. The number of carbonyl (C=O) groups is 1. The summed E-state index contributed by atoms with van der Waals surface area (Å²) in [6, 6.07) is 14.8. The number of halogens is 1. The van der Waals surface area contributed by atoms with Gasteiger partial charge < -0.3 is 9.73 Å². The highest BCUT2D eigenvalue weighted by molar-refractivity contribution is 6.34. The Labute approximate surface area is 177 Å². The maximum absolute atomic E-state index is 12.5. The Kier molecular flexibility index (Phi) is 6.00. The van der Waals surface area contributed by atoms with Crippen molar-refractivity contribution < 1.29 is 14.1 Å². The third-order valence-corrected chi connectivity index (χ3v) is 4.74. The number of hydrogen-bond donors (Lipinski definition) is 1. The second kappa shape index (κ2) is 8.64. The topological polar surface area (TPSA) is 109 Å². The van der Waals surface area contributed by atoms with Crippen molar-refractivity contribution in [3.8, 4) is 17.4 Å². The summed E-state index contributed by atoms with van der Waals surface area (Å²) < 4.78 is 5.73. The summed E-state index contributed by atoms with van der Waals surface area (Å²) in [6.45, 7) is 3.53. The first-order chi connectivity index (χ1) is 14.3. The number of rotatable bonds is 5. The minimum atomic E-state index is -0.613. The number of aryl methyl sites for hydroxylation is 2. The smallest absolute Gasteiger partial charge is 0.269 e. The first-order valence-electron chi connectivity index (χ1n) is 8.83. The van der Waals surface area contributed by atoms with Crippen molar-refractivity contribution in [1.29, 1.82) is 5.26 Å². The van der Waals surface area contributed by atoms with E-state index < -0.39 is 10.8 Å². The fraction of sp³-hybridized carbons (Fsp3) is 0.0909. The van der Waals surface area contributed by atoms with Crippen LogP contribution in [0.25, 0.3) is 17.4 Å². The van der Waals surface area contributed by atoms with Gasteiger partial charge in [0.05, 0.1) is 15.6 Å². The van der Waals surface area contributed by atoms with Crippen molar-refractivity contribution in [2.24, 2.45) is 0 Å². The molecule has 7 nitrogen and oxygen atoms in total. The lowest BCUT2D eigenvalue weighted by atomic mass is 10.1. The molecule has 0 aliphatic rings. The molecule has 0 unspecified atom stereocenters. The van der Waals surface area contributed by atoms with Gasteiger partial charge in [-0.3, -0.25) is 14.9 Å². The van der Waals surface area contributed by atoms with Crippen molar-refractivity contribution in [2.75, 3.05) is 5.32 Å². The van der Waals surface area contributed by atoms with Gasteiger partial charge in [0.25, 0.3) is 11.6 Å². The third-order valence-electron chi connectivity index (χ3n) is 4.43. The van der Waals surface area contributed by atoms with Crippen LogP contribution < -0.4 is 5.32 Å². The van der Waals surface area contributed by atoms with Gasteiger partial charge >= 0.3 is 0 Å². The quantitative estimate of drug-likeness (QED) is 0.247. The number of hydrogen-bond acceptors (Lipinski definition) is 5. The number of nitro benzene ring substituents is 1. The molecule has 1 amide bonds. The van der Waals surface area contributed by atoms with E-state index in [1.54, 1.807) is 50.2 Å². The summed E-state index contributed by atoms with van der Waals surface area (Å²) in [7, 11) is 0. The number of anilines is 1. The number of nitrogens with one attached hydrogen (secondary N) is 1. The van der Waals surface area contributed by atoms with E-state index in [1.165, 1.54) is 18.2 Å². The fourth-order valence-electron chi connectivity index (χ4n) is 2.88. The van der Waals surface area contributed by atoms with Crippen LogP contribution >= 0.6 is 11.6 Å². The van der Waals surface area contributed by atoms with Crippen LogP contribution in [0.2, 0.25) is 5.02 Å². The highest BCUT2D eigenvalue weighted by Crippen LogP contribution is 2.29. The number of benzene rings is 2. The standard InChI is InChI=1S/C22H16ClN3O4/c1-13-4-3-5-19(23)21(13)25-22(27)15(12-24)11-17-7-9-20(30-17)18-8-6-16(26(28)29)10-14(18)2/h3-11H,1-2H3,(H,25,27). The number of carbonyl (C=O) groups excluding carboxylic acids is 1. The average molecular weight is 422 g/mol. The molecule has 30 heavy (non-hydrogen) atoms. The van der Waals surface area contributed by atoms with Crippen molar-refractivity contribution in [3.05, 3.63) is 86.1 Å². The lowest BCUT2D eigenvalue weighted by molar-refractivity contribution is -0.384. The minimum Gasteiger partial charge on any atom is -0.457 e. The molecular weight excluding hydrogens is 406 g/mol. The number of nitro groups is 1. The maximum Gasteiger partial charge on any atom is 0.269 e.